The van der Waals surface area contributed by atoms with Crippen molar-refractivity contribution in [1.82, 2.24) is 4.90 Å². The monoisotopic (exact) mass is 340 g/mol. The number of amides is 1. The van der Waals surface area contributed by atoms with Crippen molar-refractivity contribution in [3.05, 3.63) is 75.8 Å². The summed E-state index contributed by atoms with van der Waals surface area (Å²) in [6.07, 6.45) is 0.342. The van der Waals surface area contributed by atoms with Crippen LogP contribution in [0.3, 0.4) is 0 Å². The number of hydrogen-bond donors (Lipinski definition) is 1. The molecule has 3 rings (SSSR count). The number of nitro groups is 1. The van der Waals surface area contributed by atoms with E-state index in [1.54, 1.807) is 11.0 Å². The Kier molecular flexibility index (Phi) is 5.09. The van der Waals surface area contributed by atoms with Crippen LogP contribution < -0.4 is 0 Å². The molecule has 130 valence electrons. The van der Waals surface area contributed by atoms with Crippen molar-refractivity contribution in [2.45, 2.75) is 25.5 Å². The van der Waals surface area contributed by atoms with Crippen molar-refractivity contribution in [1.29, 1.82) is 0 Å². The number of carbonyl (C=O) groups is 1. The molecule has 0 spiro atoms. The molecular formula is C19H20N2O4. The maximum Gasteiger partial charge on any atom is 0.269 e. The van der Waals surface area contributed by atoms with Gasteiger partial charge in [-0.25, -0.2) is 0 Å². The molecule has 1 fully saturated rings. The molecule has 1 amide bonds. The second kappa shape index (κ2) is 7.44. The Morgan fingerprint density at radius 1 is 1.20 bits per heavy atom. The lowest BCUT2D eigenvalue weighted by Gasteiger charge is -2.34. The first-order valence-corrected chi connectivity index (χ1v) is 8.31. The van der Waals surface area contributed by atoms with Crippen molar-refractivity contribution in [3.63, 3.8) is 0 Å². The van der Waals surface area contributed by atoms with E-state index in [0.717, 1.165) is 12.0 Å². The van der Waals surface area contributed by atoms with E-state index in [1.165, 1.54) is 18.2 Å². The van der Waals surface area contributed by atoms with Crippen LogP contribution in [0.25, 0.3) is 0 Å². The second-order valence-corrected chi connectivity index (χ2v) is 6.29. The Morgan fingerprint density at radius 2 is 1.96 bits per heavy atom. The first-order valence-electron chi connectivity index (χ1n) is 8.31. The van der Waals surface area contributed by atoms with Gasteiger partial charge in [-0.1, -0.05) is 42.5 Å². The van der Waals surface area contributed by atoms with Gasteiger partial charge in [0.1, 0.15) is 0 Å². The molecule has 1 saturated heterocycles. The van der Waals surface area contributed by atoms with Gasteiger partial charge < -0.3 is 10.0 Å². The highest BCUT2D eigenvalue weighted by atomic mass is 16.6. The van der Waals surface area contributed by atoms with E-state index in [1.807, 2.05) is 30.3 Å². The van der Waals surface area contributed by atoms with Gasteiger partial charge >= 0.3 is 0 Å². The fourth-order valence-electron chi connectivity index (χ4n) is 3.28. The molecule has 0 bridgehead atoms. The summed E-state index contributed by atoms with van der Waals surface area (Å²) in [5.74, 6) is -0.673. The number of piperidine rings is 1. The van der Waals surface area contributed by atoms with Crippen molar-refractivity contribution in [2.75, 3.05) is 6.54 Å². The summed E-state index contributed by atoms with van der Waals surface area (Å²) in [7, 11) is 0. The van der Waals surface area contributed by atoms with Crippen LogP contribution in [0.2, 0.25) is 0 Å². The van der Waals surface area contributed by atoms with Crippen LogP contribution in [-0.4, -0.2) is 27.4 Å². The van der Waals surface area contributed by atoms with Gasteiger partial charge in [0.05, 0.1) is 16.9 Å². The number of likely N-dealkylation sites (tertiary alicyclic amines) is 1. The Bertz CT molecular complexity index is 763. The molecule has 2 atom stereocenters. The number of non-ortho nitro benzene ring substituents is 1. The average Bonchev–Trinajstić information content (AvgIpc) is 2.64. The summed E-state index contributed by atoms with van der Waals surface area (Å²) >= 11 is 0. The number of hydrogen-bond acceptors (Lipinski definition) is 4. The smallest absolute Gasteiger partial charge is 0.269 e. The summed E-state index contributed by atoms with van der Waals surface area (Å²) in [5, 5.41) is 21.6. The molecule has 6 heteroatoms. The first-order chi connectivity index (χ1) is 12.1. The summed E-state index contributed by atoms with van der Waals surface area (Å²) in [4.78, 5) is 25.0. The zero-order valence-electron chi connectivity index (χ0n) is 13.7. The van der Waals surface area contributed by atoms with Gasteiger partial charge in [0.15, 0.2) is 0 Å². The summed E-state index contributed by atoms with van der Waals surface area (Å²) < 4.78 is 0. The SMILES string of the molecule is O=C1C(C(O)c2cccc([N+](=O)[O-])c2)CCCN1Cc1ccccc1. The van der Waals surface area contributed by atoms with Crippen LogP contribution >= 0.6 is 0 Å². The number of rotatable bonds is 5. The Labute approximate surface area is 145 Å². The summed E-state index contributed by atoms with van der Waals surface area (Å²) in [6.45, 7) is 1.17. The second-order valence-electron chi connectivity index (χ2n) is 6.29. The predicted octanol–water partition coefficient (Wildman–Crippen LogP) is 3.07. The van der Waals surface area contributed by atoms with Crippen LogP contribution in [-0.2, 0) is 11.3 Å². The van der Waals surface area contributed by atoms with Crippen LogP contribution in [0.4, 0.5) is 5.69 Å². The van der Waals surface area contributed by atoms with Gasteiger partial charge in [-0.05, 0) is 24.0 Å². The molecule has 1 aliphatic rings. The summed E-state index contributed by atoms with van der Waals surface area (Å²) in [5.41, 5.74) is 1.37. The lowest BCUT2D eigenvalue weighted by Crippen LogP contribution is -2.42. The number of aliphatic hydroxyl groups is 1. The molecule has 0 aliphatic carbocycles. The number of aliphatic hydroxyl groups excluding tert-OH is 1. The standard InChI is InChI=1S/C19H20N2O4/c22-18(15-8-4-9-16(12-15)21(24)25)17-10-5-11-20(19(17)23)13-14-6-2-1-3-7-14/h1-4,6-9,12,17-18,22H,5,10-11,13H2. The maximum atomic E-state index is 12.8. The van der Waals surface area contributed by atoms with Crippen LogP contribution in [0.15, 0.2) is 54.6 Å². The molecule has 6 nitrogen and oxygen atoms in total. The molecule has 25 heavy (non-hydrogen) atoms. The van der Waals surface area contributed by atoms with E-state index in [4.69, 9.17) is 0 Å². The maximum absolute atomic E-state index is 12.8. The van der Waals surface area contributed by atoms with Crippen LogP contribution in [0.1, 0.15) is 30.1 Å². The van der Waals surface area contributed by atoms with Gasteiger partial charge in [-0.3, -0.25) is 14.9 Å². The molecule has 1 aliphatic heterocycles. The number of nitro benzene ring substituents is 1. The fourth-order valence-corrected chi connectivity index (χ4v) is 3.28. The van der Waals surface area contributed by atoms with Gasteiger partial charge in [-0.15, -0.1) is 0 Å². The van der Waals surface area contributed by atoms with E-state index in [0.29, 0.717) is 25.1 Å². The van der Waals surface area contributed by atoms with Gasteiger partial charge in [0.2, 0.25) is 5.91 Å². The van der Waals surface area contributed by atoms with Gasteiger partial charge in [0, 0.05) is 25.2 Å². The van der Waals surface area contributed by atoms with E-state index in [-0.39, 0.29) is 11.6 Å². The number of benzene rings is 2. The zero-order valence-corrected chi connectivity index (χ0v) is 13.7. The Hall–Kier alpha value is -2.73. The third-order valence-electron chi connectivity index (χ3n) is 4.59. The largest absolute Gasteiger partial charge is 0.388 e. The quantitative estimate of drug-likeness (QED) is 0.670. The average molecular weight is 340 g/mol. The predicted molar refractivity (Wildman–Crippen MR) is 92.6 cm³/mol. The molecular weight excluding hydrogens is 320 g/mol. The summed E-state index contributed by atoms with van der Waals surface area (Å²) in [6, 6.07) is 15.6. The minimum Gasteiger partial charge on any atom is -0.388 e. The normalized spacial score (nSPS) is 18.8. The molecule has 0 aromatic heterocycles. The first kappa shape index (κ1) is 17.1. The lowest BCUT2D eigenvalue weighted by atomic mass is 9.87. The number of nitrogens with zero attached hydrogens (tertiary/aromatic N) is 2. The van der Waals surface area contributed by atoms with Crippen LogP contribution in [0, 0.1) is 16.0 Å². The molecule has 1 N–H and O–H groups in total. The van der Waals surface area contributed by atoms with E-state index in [9.17, 15) is 20.0 Å². The minimum absolute atomic E-state index is 0.0825. The minimum atomic E-state index is -1.04. The molecule has 2 unspecified atom stereocenters. The highest BCUT2D eigenvalue weighted by molar-refractivity contribution is 5.80. The zero-order chi connectivity index (χ0) is 17.8. The highest BCUT2D eigenvalue weighted by Crippen LogP contribution is 2.32. The third-order valence-corrected chi connectivity index (χ3v) is 4.59. The molecule has 0 radical (unpaired) electrons. The lowest BCUT2D eigenvalue weighted by molar-refractivity contribution is -0.385. The van der Waals surface area contributed by atoms with Crippen LogP contribution in [0.5, 0.6) is 0 Å². The fraction of sp³-hybridized carbons (Fsp3) is 0.316. The third kappa shape index (κ3) is 3.85. The Morgan fingerprint density at radius 3 is 2.68 bits per heavy atom. The van der Waals surface area contributed by atoms with E-state index < -0.39 is 16.9 Å². The number of carbonyl (C=O) groups excluding carboxylic acids is 1. The highest BCUT2D eigenvalue weighted by Gasteiger charge is 2.35. The van der Waals surface area contributed by atoms with E-state index >= 15 is 0 Å². The van der Waals surface area contributed by atoms with Gasteiger partial charge in [-0.2, -0.15) is 0 Å². The Balaban J connectivity index is 1.76. The molecule has 2 aromatic rings. The molecule has 1 heterocycles. The van der Waals surface area contributed by atoms with Crippen molar-refractivity contribution in [3.8, 4) is 0 Å². The molecule has 2 aromatic carbocycles. The van der Waals surface area contributed by atoms with Gasteiger partial charge in [0.25, 0.3) is 5.69 Å². The van der Waals surface area contributed by atoms with Crippen molar-refractivity contribution >= 4 is 11.6 Å². The molecule has 0 saturated carbocycles. The topological polar surface area (TPSA) is 83.7 Å². The van der Waals surface area contributed by atoms with E-state index in [2.05, 4.69) is 0 Å². The van der Waals surface area contributed by atoms with Crippen molar-refractivity contribution < 1.29 is 14.8 Å². The van der Waals surface area contributed by atoms with Crippen molar-refractivity contribution in [2.24, 2.45) is 5.92 Å².